The molecule has 40 heavy (non-hydrogen) atoms. The SMILES string of the molecule is CCCCCCC(=Nc1ccc(CCCC)c(CCCC)c1)C(CC)=Nc1ccc(CCCC)c(CCCC)c1. The molecule has 2 heteroatoms. The fraction of sp³-hybridized carbons (Fsp3) is 0.632. The zero-order valence-electron chi connectivity index (χ0n) is 27.1. The molecular formula is C38H60N2. The molecule has 0 aliphatic carbocycles. The van der Waals surface area contributed by atoms with Gasteiger partial charge >= 0.3 is 0 Å². The highest BCUT2D eigenvalue weighted by molar-refractivity contribution is 6.43. The third kappa shape index (κ3) is 12.1. The van der Waals surface area contributed by atoms with Crippen molar-refractivity contribution in [3.63, 3.8) is 0 Å². The fourth-order valence-corrected chi connectivity index (χ4v) is 5.43. The number of hydrogen-bond acceptors (Lipinski definition) is 2. The molecule has 0 radical (unpaired) electrons. The summed E-state index contributed by atoms with van der Waals surface area (Å²) in [6.45, 7) is 13.7. The predicted octanol–water partition coefficient (Wildman–Crippen LogP) is 12.3. The monoisotopic (exact) mass is 544 g/mol. The van der Waals surface area contributed by atoms with Crippen LogP contribution in [0, 0.1) is 0 Å². The summed E-state index contributed by atoms with van der Waals surface area (Å²) in [5.74, 6) is 0. The minimum Gasteiger partial charge on any atom is -0.252 e. The smallest absolute Gasteiger partial charge is 0.0636 e. The number of aliphatic imine (C=N–C) groups is 2. The van der Waals surface area contributed by atoms with E-state index < -0.39 is 0 Å². The molecule has 0 saturated carbocycles. The third-order valence-electron chi connectivity index (χ3n) is 8.04. The highest BCUT2D eigenvalue weighted by Gasteiger charge is 2.12. The van der Waals surface area contributed by atoms with Crippen molar-refractivity contribution in [1.29, 1.82) is 0 Å². The van der Waals surface area contributed by atoms with Crippen LogP contribution in [0.25, 0.3) is 0 Å². The van der Waals surface area contributed by atoms with Gasteiger partial charge in [-0.1, -0.05) is 98.6 Å². The van der Waals surface area contributed by atoms with Crippen LogP contribution in [-0.2, 0) is 25.7 Å². The molecule has 0 atom stereocenters. The van der Waals surface area contributed by atoms with Crippen molar-refractivity contribution >= 4 is 22.8 Å². The Morgan fingerprint density at radius 3 is 1.30 bits per heavy atom. The maximum atomic E-state index is 5.33. The summed E-state index contributed by atoms with van der Waals surface area (Å²) in [6.07, 6.45) is 21.5. The Hall–Kier alpha value is -2.22. The second-order valence-corrected chi connectivity index (χ2v) is 11.6. The Morgan fingerprint density at radius 2 is 0.875 bits per heavy atom. The first-order valence-corrected chi connectivity index (χ1v) is 17.0. The Balaban J connectivity index is 2.47. The van der Waals surface area contributed by atoms with E-state index in [0.29, 0.717) is 0 Å². The summed E-state index contributed by atoms with van der Waals surface area (Å²) in [7, 11) is 0. The molecule has 2 rings (SSSR count). The van der Waals surface area contributed by atoms with E-state index in [-0.39, 0.29) is 0 Å². The van der Waals surface area contributed by atoms with E-state index in [1.807, 2.05) is 0 Å². The zero-order chi connectivity index (χ0) is 29.0. The molecule has 0 N–H and O–H groups in total. The van der Waals surface area contributed by atoms with Crippen molar-refractivity contribution in [2.75, 3.05) is 0 Å². The van der Waals surface area contributed by atoms with Gasteiger partial charge in [0, 0.05) is 0 Å². The minimum atomic E-state index is 0.908. The second-order valence-electron chi connectivity index (χ2n) is 11.6. The lowest BCUT2D eigenvalue weighted by molar-refractivity contribution is 0.684. The van der Waals surface area contributed by atoms with Gasteiger partial charge in [-0.3, -0.25) is 9.98 Å². The van der Waals surface area contributed by atoms with Gasteiger partial charge in [0.2, 0.25) is 0 Å². The minimum absolute atomic E-state index is 0.908. The number of hydrogen-bond donors (Lipinski definition) is 0. The average molecular weight is 545 g/mol. The van der Waals surface area contributed by atoms with Crippen LogP contribution in [0.15, 0.2) is 46.4 Å². The van der Waals surface area contributed by atoms with E-state index in [4.69, 9.17) is 9.98 Å². The topological polar surface area (TPSA) is 24.7 Å². The van der Waals surface area contributed by atoms with Gasteiger partial charge in [0.1, 0.15) is 0 Å². The Kier molecular flexibility index (Phi) is 17.5. The van der Waals surface area contributed by atoms with Crippen molar-refractivity contribution in [3.8, 4) is 0 Å². The summed E-state index contributed by atoms with van der Waals surface area (Å²) in [6, 6.07) is 14.0. The maximum absolute atomic E-state index is 5.33. The van der Waals surface area contributed by atoms with E-state index >= 15 is 0 Å². The largest absolute Gasteiger partial charge is 0.252 e. The van der Waals surface area contributed by atoms with Gasteiger partial charge in [0.25, 0.3) is 0 Å². The van der Waals surface area contributed by atoms with Crippen molar-refractivity contribution in [1.82, 2.24) is 0 Å². The molecule has 0 aliphatic heterocycles. The van der Waals surface area contributed by atoms with Crippen molar-refractivity contribution in [2.45, 2.75) is 157 Å². The molecule has 0 spiro atoms. The van der Waals surface area contributed by atoms with Gasteiger partial charge in [-0.05, 0) is 117 Å². The van der Waals surface area contributed by atoms with E-state index in [9.17, 15) is 0 Å². The molecule has 0 unspecified atom stereocenters. The van der Waals surface area contributed by atoms with Gasteiger partial charge < -0.3 is 0 Å². The lowest BCUT2D eigenvalue weighted by Gasteiger charge is -2.14. The second kappa shape index (κ2) is 20.6. The van der Waals surface area contributed by atoms with Crippen LogP contribution in [-0.4, -0.2) is 11.4 Å². The van der Waals surface area contributed by atoms with Gasteiger partial charge in [-0.25, -0.2) is 0 Å². The molecule has 2 aromatic carbocycles. The number of unbranched alkanes of at least 4 members (excludes halogenated alkanes) is 7. The molecule has 0 aromatic heterocycles. The van der Waals surface area contributed by atoms with Crippen LogP contribution in [0.1, 0.15) is 154 Å². The summed E-state index contributed by atoms with van der Waals surface area (Å²) < 4.78 is 0. The first-order valence-electron chi connectivity index (χ1n) is 17.0. The number of nitrogens with zero attached hydrogens (tertiary/aromatic N) is 2. The summed E-state index contributed by atoms with van der Waals surface area (Å²) in [4.78, 5) is 10.6. The van der Waals surface area contributed by atoms with Crippen LogP contribution in [0.4, 0.5) is 11.4 Å². The van der Waals surface area contributed by atoms with Crippen molar-refractivity contribution in [3.05, 3.63) is 58.7 Å². The standard InChI is InChI=1S/C38H60N2/c1-7-13-18-19-24-38(40-36-28-26-32(21-15-9-3)34(30-36)23-17-11-5)37(12-6)39-35-27-25-31(20-14-8-2)33(29-35)22-16-10-4/h25-30H,7-24H2,1-6H3. The number of benzene rings is 2. The van der Waals surface area contributed by atoms with E-state index in [0.717, 1.165) is 42.8 Å². The molecule has 222 valence electrons. The number of rotatable bonds is 21. The third-order valence-corrected chi connectivity index (χ3v) is 8.04. The van der Waals surface area contributed by atoms with Crippen LogP contribution < -0.4 is 0 Å². The van der Waals surface area contributed by atoms with Gasteiger partial charge in [-0.2, -0.15) is 0 Å². The van der Waals surface area contributed by atoms with Crippen LogP contribution >= 0.6 is 0 Å². The lowest BCUT2D eigenvalue weighted by Crippen LogP contribution is -2.13. The fourth-order valence-electron chi connectivity index (χ4n) is 5.43. The molecule has 2 nitrogen and oxygen atoms in total. The van der Waals surface area contributed by atoms with Gasteiger partial charge in [-0.15, -0.1) is 0 Å². The van der Waals surface area contributed by atoms with Crippen LogP contribution in [0.3, 0.4) is 0 Å². The van der Waals surface area contributed by atoms with Crippen LogP contribution in [0.5, 0.6) is 0 Å². The first kappa shape index (κ1) is 34.0. The van der Waals surface area contributed by atoms with Gasteiger partial charge in [0.05, 0.1) is 22.8 Å². The summed E-state index contributed by atoms with van der Waals surface area (Å²) >= 11 is 0. The van der Waals surface area contributed by atoms with E-state index in [1.54, 1.807) is 0 Å². The number of aryl methyl sites for hydroxylation is 4. The first-order chi connectivity index (χ1) is 19.6. The normalized spacial score (nSPS) is 12.3. The quantitative estimate of drug-likeness (QED) is 0.110. The molecule has 0 fully saturated rings. The Morgan fingerprint density at radius 1 is 0.450 bits per heavy atom. The predicted molar refractivity (Wildman–Crippen MR) is 181 cm³/mol. The van der Waals surface area contributed by atoms with E-state index in [2.05, 4.69) is 77.9 Å². The highest BCUT2D eigenvalue weighted by Crippen LogP contribution is 2.26. The van der Waals surface area contributed by atoms with Crippen LogP contribution in [0.2, 0.25) is 0 Å². The van der Waals surface area contributed by atoms with E-state index in [1.165, 1.54) is 118 Å². The molecular weight excluding hydrogens is 484 g/mol. The molecule has 0 bridgehead atoms. The Labute approximate surface area is 248 Å². The maximum Gasteiger partial charge on any atom is 0.0636 e. The summed E-state index contributed by atoms with van der Waals surface area (Å²) in [5.41, 5.74) is 10.6. The molecule has 2 aromatic rings. The molecule has 0 amide bonds. The van der Waals surface area contributed by atoms with Crippen molar-refractivity contribution in [2.24, 2.45) is 9.98 Å². The zero-order valence-corrected chi connectivity index (χ0v) is 27.1. The molecule has 0 heterocycles. The summed E-state index contributed by atoms with van der Waals surface area (Å²) in [5, 5.41) is 0. The van der Waals surface area contributed by atoms with Gasteiger partial charge in [0.15, 0.2) is 0 Å². The molecule has 0 saturated heterocycles. The molecule has 0 aliphatic rings. The highest BCUT2D eigenvalue weighted by atomic mass is 14.8. The lowest BCUT2D eigenvalue weighted by atomic mass is 9.97. The van der Waals surface area contributed by atoms with Crippen molar-refractivity contribution < 1.29 is 0 Å². The Bertz CT molecular complexity index is 1030. The average Bonchev–Trinajstić information content (AvgIpc) is 2.98.